The molecule has 1 heterocycles. The van der Waals surface area contributed by atoms with Crippen molar-refractivity contribution < 1.29 is 9.59 Å². The van der Waals surface area contributed by atoms with Crippen LogP contribution in [0.2, 0.25) is 0 Å². The minimum atomic E-state index is -0.392. The van der Waals surface area contributed by atoms with Crippen LogP contribution in [-0.2, 0) is 9.59 Å². The van der Waals surface area contributed by atoms with Crippen molar-refractivity contribution in [2.24, 2.45) is 17.4 Å². The lowest BCUT2D eigenvalue weighted by atomic mass is 9.89. The summed E-state index contributed by atoms with van der Waals surface area (Å²) in [4.78, 5) is 24.7. The van der Waals surface area contributed by atoms with Crippen molar-refractivity contribution in [1.82, 2.24) is 4.90 Å². The largest absolute Gasteiger partial charge is 0.369 e. The standard InChI is InChI=1S/C15H21N3O2S/c16-6-12-7-18(15(20)10-21-9-14(17)19)8-13(12)11-4-2-1-3-5-11/h1-5,12-13H,6-10,16H2,(H2,17,19)/t12-,13+/m1/s1. The summed E-state index contributed by atoms with van der Waals surface area (Å²) >= 11 is 1.27. The molecular formula is C15H21N3O2S. The Balaban J connectivity index is 1.95. The Bertz CT molecular complexity index is 495. The predicted molar refractivity (Wildman–Crippen MR) is 84.8 cm³/mol. The second-order valence-corrected chi connectivity index (χ2v) is 6.26. The Morgan fingerprint density at radius 2 is 1.90 bits per heavy atom. The number of rotatable bonds is 6. The molecule has 0 radical (unpaired) electrons. The first-order valence-electron chi connectivity index (χ1n) is 7.00. The SMILES string of the molecule is NC[C@@H]1CN(C(=O)CSCC(N)=O)C[C@H]1c1ccccc1. The molecule has 2 amide bonds. The highest BCUT2D eigenvalue weighted by Crippen LogP contribution is 2.32. The molecule has 0 unspecified atom stereocenters. The normalized spacial score (nSPS) is 21.5. The molecule has 1 aliphatic rings. The van der Waals surface area contributed by atoms with E-state index in [2.05, 4.69) is 12.1 Å². The number of likely N-dealkylation sites (tertiary alicyclic amines) is 1. The average molecular weight is 307 g/mol. The molecule has 0 bridgehead atoms. The number of carbonyl (C=O) groups is 2. The Labute approximate surface area is 129 Å². The van der Waals surface area contributed by atoms with E-state index >= 15 is 0 Å². The van der Waals surface area contributed by atoms with Crippen molar-refractivity contribution in [2.45, 2.75) is 5.92 Å². The van der Waals surface area contributed by atoms with E-state index in [1.165, 1.54) is 17.3 Å². The highest BCUT2D eigenvalue weighted by Gasteiger charge is 2.34. The molecule has 1 aliphatic heterocycles. The van der Waals surface area contributed by atoms with Crippen molar-refractivity contribution in [2.75, 3.05) is 31.1 Å². The van der Waals surface area contributed by atoms with Crippen molar-refractivity contribution in [3.05, 3.63) is 35.9 Å². The number of hydrogen-bond donors (Lipinski definition) is 2. The molecule has 2 atom stereocenters. The van der Waals surface area contributed by atoms with Crippen LogP contribution < -0.4 is 11.5 Å². The fourth-order valence-corrected chi connectivity index (χ4v) is 3.38. The highest BCUT2D eigenvalue weighted by molar-refractivity contribution is 8.00. The van der Waals surface area contributed by atoms with Gasteiger partial charge in [-0.15, -0.1) is 11.8 Å². The Hall–Kier alpha value is -1.53. The fourth-order valence-electron chi connectivity index (χ4n) is 2.72. The summed E-state index contributed by atoms with van der Waals surface area (Å²) in [7, 11) is 0. The molecule has 5 nitrogen and oxygen atoms in total. The average Bonchev–Trinajstić information content (AvgIpc) is 2.92. The van der Waals surface area contributed by atoms with Gasteiger partial charge in [0.25, 0.3) is 0 Å². The number of amides is 2. The maximum atomic E-state index is 12.2. The third-order valence-electron chi connectivity index (χ3n) is 3.79. The highest BCUT2D eigenvalue weighted by atomic mass is 32.2. The molecule has 0 spiro atoms. The zero-order valence-corrected chi connectivity index (χ0v) is 12.7. The lowest BCUT2D eigenvalue weighted by Gasteiger charge is -2.16. The number of nitrogens with zero attached hydrogens (tertiary/aromatic N) is 1. The van der Waals surface area contributed by atoms with Crippen LogP contribution in [0.1, 0.15) is 11.5 Å². The van der Waals surface area contributed by atoms with Gasteiger partial charge >= 0.3 is 0 Å². The van der Waals surface area contributed by atoms with E-state index in [1.54, 1.807) is 0 Å². The van der Waals surface area contributed by atoms with E-state index in [9.17, 15) is 9.59 Å². The van der Waals surface area contributed by atoms with E-state index in [0.717, 1.165) is 0 Å². The van der Waals surface area contributed by atoms with Crippen molar-refractivity contribution in [3.63, 3.8) is 0 Å². The van der Waals surface area contributed by atoms with Gasteiger partial charge in [-0.2, -0.15) is 0 Å². The van der Waals surface area contributed by atoms with Gasteiger partial charge in [0.15, 0.2) is 0 Å². The maximum absolute atomic E-state index is 12.2. The lowest BCUT2D eigenvalue weighted by Crippen LogP contribution is -2.31. The number of carbonyl (C=O) groups excluding carboxylic acids is 2. The molecule has 114 valence electrons. The first-order valence-corrected chi connectivity index (χ1v) is 8.16. The second-order valence-electron chi connectivity index (χ2n) is 5.27. The van der Waals surface area contributed by atoms with E-state index in [4.69, 9.17) is 11.5 Å². The molecule has 0 aliphatic carbocycles. The quantitative estimate of drug-likeness (QED) is 0.796. The minimum absolute atomic E-state index is 0.0538. The number of hydrogen-bond acceptors (Lipinski definition) is 4. The van der Waals surface area contributed by atoms with Crippen molar-refractivity contribution >= 4 is 23.6 Å². The number of thioether (sulfide) groups is 1. The molecule has 0 aromatic heterocycles. The summed E-state index contributed by atoms with van der Waals surface area (Å²) in [5.74, 6) is 0.720. The monoisotopic (exact) mass is 307 g/mol. The van der Waals surface area contributed by atoms with Gasteiger partial charge in [-0.1, -0.05) is 30.3 Å². The molecule has 1 saturated heterocycles. The van der Waals surface area contributed by atoms with Crippen LogP contribution in [0.3, 0.4) is 0 Å². The van der Waals surface area contributed by atoms with Crippen LogP contribution in [0, 0.1) is 5.92 Å². The summed E-state index contributed by atoms with van der Waals surface area (Å²) in [6.45, 7) is 1.95. The van der Waals surface area contributed by atoms with E-state index < -0.39 is 5.91 Å². The molecule has 1 aromatic carbocycles. The van der Waals surface area contributed by atoms with Crippen molar-refractivity contribution in [3.8, 4) is 0 Å². The third-order valence-corrected chi connectivity index (χ3v) is 4.73. The van der Waals surface area contributed by atoms with Crippen molar-refractivity contribution in [1.29, 1.82) is 0 Å². The molecule has 4 N–H and O–H groups in total. The lowest BCUT2D eigenvalue weighted by molar-refractivity contribution is -0.127. The third kappa shape index (κ3) is 4.22. The van der Waals surface area contributed by atoms with Gasteiger partial charge in [-0.05, 0) is 18.0 Å². The van der Waals surface area contributed by atoms with E-state index in [1.807, 2.05) is 23.1 Å². The summed E-state index contributed by atoms with van der Waals surface area (Å²) in [6.07, 6.45) is 0. The number of nitrogens with two attached hydrogens (primary N) is 2. The van der Waals surface area contributed by atoms with Gasteiger partial charge in [0.05, 0.1) is 11.5 Å². The van der Waals surface area contributed by atoms with Gasteiger partial charge in [-0.25, -0.2) is 0 Å². The number of primary amides is 1. The maximum Gasteiger partial charge on any atom is 0.232 e. The van der Waals surface area contributed by atoms with Gasteiger partial charge in [0.2, 0.25) is 11.8 Å². The summed E-state index contributed by atoms with van der Waals surface area (Å²) in [6, 6.07) is 10.2. The Kier molecular flexibility index (Phi) is 5.64. The smallest absolute Gasteiger partial charge is 0.232 e. The van der Waals surface area contributed by atoms with Crippen LogP contribution in [0.5, 0.6) is 0 Å². The van der Waals surface area contributed by atoms with Crippen LogP contribution in [0.4, 0.5) is 0 Å². The molecule has 0 saturated carbocycles. The molecule has 21 heavy (non-hydrogen) atoms. The zero-order chi connectivity index (χ0) is 15.2. The van der Waals surface area contributed by atoms with Gasteiger partial charge in [0.1, 0.15) is 0 Å². The topological polar surface area (TPSA) is 89.4 Å². The summed E-state index contributed by atoms with van der Waals surface area (Å²) < 4.78 is 0. The van der Waals surface area contributed by atoms with Crippen LogP contribution in [-0.4, -0.2) is 47.9 Å². The second kappa shape index (κ2) is 7.47. The molecule has 6 heteroatoms. The molecule has 2 rings (SSSR count). The van der Waals surface area contributed by atoms with Crippen LogP contribution in [0.25, 0.3) is 0 Å². The number of benzene rings is 1. The molecule has 1 aromatic rings. The van der Waals surface area contributed by atoms with Crippen LogP contribution >= 0.6 is 11.8 Å². The first-order chi connectivity index (χ1) is 10.1. The fraction of sp³-hybridized carbons (Fsp3) is 0.467. The predicted octanol–water partition coefficient (Wildman–Crippen LogP) is 0.406. The Morgan fingerprint density at radius 1 is 1.19 bits per heavy atom. The van der Waals surface area contributed by atoms with Gasteiger partial charge in [0, 0.05) is 19.0 Å². The Morgan fingerprint density at radius 3 is 2.52 bits per heavy atom. The zero-order valence-electron chi connectivity index (χ0n) is 11.9. The minimum Gasteiger partial charge on any atom is -0.369 e. The summed E-state index contributed by atoms with van der Waals surface area (Å²) in [5.41, 5.74) is 12.2. The molecular weight excluding hydrogens is 286 g/mol. The van der Waals surface area contributed by atoms with Gasteiger partial charge in [-0.3, -0.25) is 9.59 Å². The molecule has 1 fully saturated rings. The first kappa shape index (κ1) is 15.9. The van der Waals surface area contributed by atoms with Crippen LogP contribution in [0.15, 0.2) is 30.3 Å². The van der Waals surface area contributed by atoms with E-state index in [-0.39, 0.29) is 17.6 Å². The van der Waals surface area contributed by atoms with E-state index in [0.29, 0.717) is 31.3 Å². The van der Waals surface area contributed by atoms with Gasteiger partial charge < -0.3 is 16.4 Å². The summed E-state index contributed by atoms with van der Waals surface area (Å²) in [5, 5.41) is 0.